The summed E-state index contributed by atoms with van der Waals surface area (Å²) in [6, 6.07) is 18.3. The summed E-state index contributed by atoms with van der Waals surface area (Å²) >= 11 is 6.33. The largest absolute Gasteiger partial charge is 0.371 e. The molecule has 14 heteroatoms. The van der Waals surface area contributed by atoms with Crippen molar-refractivity contribution in [2.75, 3.05) is 86.7 Å². The quantitative estimate of drug-likeness (QED) is 0.262. The van der Waals surface area contributed by atoms with E-state index in [9.17, 15) is 24.0 Å². The van der Waals surface area contributed by atoms with Crippen molar-refractivity contribution in [1.82, 2.24) is 20.0 Å². The Bertz CT molecular complexity index is 2280. The standard InChI is InChI=1S/C45H47ClN8O5/c1-47-38-9-7-34(19-37(38)46)51-17-14-45(27-51)12-15-50(16-13-45)42(57)29-2-4-32(5-3-29)53-25-30-23-49(24-31(30)26-53)20-28-21-52(22-28)33-6-8-35-36(18-33)44(59)54(43(35)58)39-10-11-40(55)48-41(39)56/h2-9,18-19,28,30-31,39H,10-17,20-27H2,(H,48,55,56). The van der Waals surface area contributed by atoms with Gasteiger partial charge in [-0.15, -0.1) is 0 Å². The molecule has 5 amide bonds. The van der Waals surface area contributed by atoms with E-state index in [0.717, 1.165) is 113 Å². The monoisotopic (exact) mass is 814 g/mol. The first-order valence-corrected chi connectivity index (χ1v) is 21.3. The van der Waals surface area contributed by atoms with Gasteiger partial charge in [0.15, 0.2) is 0 Å². The minimum atomic E-state index is -0.963. The molecule has 3 unspecified atom stereocenters. The fourth-order valence-electron chi connectivity index (χ4n) is 10.9. The third kappa shape index (κ3) is 6.80. The average Bonchev–Trinajstić information content (AvgIpc) is 3.98. The molecule has 1 spiro atoms. The van der Waals surface area contributed by atoms with E-state index >= 15 is 0 Å². The molecule has 0 aliphatic carbocycles. The molecule has 3 aromatic rings. The Labute approximate surface area is 348 Å². The number of likely N-dealkylation sites (tertiary alicyclic amines) is 2. The second-order valence-electron chi connectivity index (χ2n) is 17.8. The molecule has 6 saturated heterocycles. The summed E-state index contributed by atoms with van der Waals surface area (Å²) < 4.78 is 0. The van der Waals surface area contributed by atoms with Crippen LogP contribution in [0.25, 0.3) is 4.85 Å². The number of anilines is 3. The maximum Gasteiger partial charge on any atom is 0.262 e. The molecule has 10 rings (SSSR count). The van der Waals surface area contributed by atoms with Crippen molar-refractivity contribution in [3.63, 3.8) is 0 Å². The summed E-state index contributed by atoms with van der Waals surface area (Å²) in [5.74, 6) is -0.0782. The number of hydrogen-bond donors (Lipinski definition) is 1. The van der Waals surface area contributed by atoms with E-state index < -0.39 is 23.8 Å². The van der Waals surface area contributed by atoms with Gasteiger partial charge in [0.2, 0.25) is 17.5 Å². The Morgan fingerprint density at radius 2 is 1.41 bits per heavy atom. The Balaban J connectivity index is 0.671. The summed E-state index contributed by atoms with van der Waals surface area (Å²) in [5, 5.41) is 2.75. The molecule has 7 heterocycles. The van der Waals surface area contributed by atoms with Crippen LogP contribution in [0, 0.1) is 29.7 Å². The molecule has 7 aliphatic heterocycles. The molecule has 0 aromatic heterocycles. The van der Waals surface area contributed by atoms with E-state index in [1.54, 1.807) is 18.2 Å². The summed E-state index contributed by atoms with van der Waals surface area (Å²) in [6.45, 7) is 17.7. The average molecular weight is 815 g/mol. The van der Waals surface area contributed by atoms with Crippen molar-refractivity contribution < 1.29 is 24.0 Å². The maximum atomic E-state index is 13.6. The molecule has 0 bridgehead atoms. The SMILES string of the molecule is [C-]#[N+]c1ccc(N2CCC3(CCN(C(=O)c4ccc(N5CC6CN(CC7CN(c8ccc9c(c8)C(=O)N(C8CCC(=O)NC8=O)C9=O)C7)CC6C5)cc4)CC3)C2)cc1Cl. The summed E-state index contributed by atoms with van der Waals surface area (Å²) in [4.78, 5) is 80.3. The lowest BCUT2D eigenvalue weighted by Crippen LogP contribution is -2.54. The summed E-state index contributed by atoms with van der Waals surface area (Å²) in [6.07, 6.45) is 3.32. The second-order valence-corrected chi connectivity index (χ2v) is 18.3. The van der Waals surface area contributed by atoms with Crippen LogP contribution in [0.4, 0.5) is 22.7 Å². The number of benzene rings is 3. The van der Waals surface area contributed by atoms with E-state index in [2.05, 4.69) is 41.9 Å². The van der Waals surface area contributed by atoms with Gasteiger partial charge < -0.3 is 24.5 Å². The highest BCUT2D eigenvalue weighted by Gasteiger charge is 2.46. The number of nitrogens with zero attached hydrogens (tertiary/aromatic N) is 7. The fourth-order valence-corrected chi connectivity index (χ4v) is 11.1. The Morgan fingerprint density at radius 3 is 2.10 bits per heavy atom. The predicted octanol–water partition coefficient (Wildman–Crippen LogP) is 4.93. The van der Waals surface area contributed by atoms with Gasteiger partial charge in [-0.2, -0.15) is 0 Å². The Hall–Kier alpha value is -5.45. The smallest absolute Gasteiger partial charge is 0.262 e. The minimum Gasteiger partial charge on any atom is -0.371 e. The lowest BCUT2D eigenvalue weighted by molar-refractivity contribution is -0.136. The number of fused-ring (bicyclic) bond motifs is 2. The number of halogens is 1. The summed E-state index contributed by atoms with van der Waals surface area (Å²) in [5.41, 5.74) is 5.21. The fraction of sp³-hybridized carbons (Fsp3) is 0.467. The van der Waals surface area contributed by atoms with Crippen LogP contribution in [-0.4, -0.2) is 122 Å². The zero-order chi connectivity index (χ0) is 40.6. The predicted molar refractivity (Wildman–Crippen MR) is 223 cm³/mol. The highest BCUT2D eigenvalue weighted by atomic mass is 35.5. The van der Waals surface area contributed by atoms with Gasteiger partial charge >= 0.3 is 0 Å². The number of amides is 5. The van der Waals surface area contributed by atoms with Crippen LogP contribution in [-0.2, 0) is 9.59 Å². The zero-order valence-electron chi connectivity index (χ0n) is 32.9. The molecule has 0 saturated carbocycles. The minimum absolute atomic E-state index is 0.0987. The van der Waals surface area contributed by atoms with E-state index in [1.165, 1.54) is 5.69 Å². The zero-order valence-corrected chi connectivity index (χ0v) is 33.7. The molecule has 7 aliphatic rings. The molecule has 1 N–H and O–H groups in total. The van der Waals surface area contributed by atoms with Gasteiger partial charge in [-0.3, -0.25) is 34.2 Å². The number of carbonyl (C=O) groups is 5. The highest BCUT2D eigenvalue weighted by Crippen LogP contribution is 2.44. The van der Waals surface area contributed by atoms with Gasteiger partial charge in [0, 0.05) is 112 Å². The van der Waals surface area contributed by atoms with Gasteiger partial charge in [-0.25, -0.2) is 4.85 Å². The highest BCUT2D eigenvalue weighted by molar-refractivity contribution is 6.33. The lowest BCUT2D eigenvalue weighted by Gasteiger charge is -2.43. The van der Waals surface area contributed by atoms with Crippen LogP contribution in [0.3, 0.4) is 0 Å². The number of nitrogens with one attached hydrogen (secondary N) is 1. The third-order valence-electron chi connectivity index (χ3n) is 14.3. The van der Waals surface area contributed by atoms with Gasteiger partial charge in [-0.1, -0.05) is 17.7 Å². The van der Waals surface area contributed by atoms with E-state index in [-0.39, 0.29) is 30.1 Å². The first-order valence-electron chi connectivity index (χ1n) is 20.9. The van der Waals surface area contributed by atoms with Crippen LogP contribution in [0.15, 0.2) is 60.7 Å². The first kappa shape index (κ1) is 37.8. The third-order valence-corrected chi connectivity index (χ3v) is 14.6. The molecular formula is C45H47ClN8O5. The van der Waals surface area contributed by atoms with Gasteiger partial charge in [0.05, 0.1) is 17.7 Å². The van der Waals surface area contributed by atoms with E-state index in [1.807, 2.05) is 35.2 Å². The maximum absolute atomic E-state index is 13.6. The van der Waals surface area contributed by atoms with Crippen molar-refractivity contribution in [1.29, 1.82) is 0 Å². The molecule has 0 radical (unpaired) electrons. The number of hydrogen-bond acceptors (Lipinski definition) is 9. The molecular weight excluding hydrogens is 768 g/mol. The van der Waals surface area contributed by atoms with Crippen molar-refractivity contribution >= 4 is 63.9 Å². The molecule has 59 heavy (non-hydrogen) atoms. The number of imide groups is 2. The van der Waals surface area contributed by atoms with Crippen LogP contribution in [0.5, 0.6) is 0 Å². The molecule has 3 atom stereocenters. The Kier molecular flexibility index (Phi) is 9.40. The van der Waals surface area contributed by atoms with Crippen LogP contribution >= 0.6 is 11.6 Å². The summed E-state index contributed by atoms with van der Waals surface area (Å²) in [7, 11) is 0. The van der Waals surface area contributed by atoms with Gasteiger partial charge in [0.25, 0.3) is 17.7 Å². The van der Waals surface area contributed by atoms with Crippen LogP contribution < -0.4 is 20.0 Å². The second kappa shape index (κ2) is 14.7. The topological polar surface area (TPSA) is 121 Å². The van der Waals surface area contributed by atoms with E-state index in [4.69, 9.17) is 18.2 Å². The molecule has 13 nitrogen and oxygen atoms in total. The first-order chi connectivity index (χ1) is 28.5. The van der Waals surface area contributed by atoms with Gasteiger partial charge in [-0.05, 0) is 97.5 Å². The molecule has 3 aromatic carbocycles. The number of carbonyl (C=O) groups excluding carboxylic acids is 5. The molecule has 6 fully saturated rings. The van der Waals surface area contributed by atoms with Crippen LogP contribution in [0.1, 0.15) is 63.2 Å². The van der Waals surface area contributed by atoms with Gasteiger partial charge in [0.1, 0.15) is 6.04 Å². The lowest BCUT2D eigenvalue weighted by atomic mass is 9.77. The van der Waals surface area contributed by atoms with Crippen molar-refractivity contribution in [2.24, 2.45) is 23.2 Å². The van der Waals surface area contributed by atoms with E-state index in [0.29, 0.717) is 39.6 Å². The van der Waals surface area contributed by atoms with Crippen molar-refractivity contribution in [2.45, 2.75) is 38.1 Å². The van der Waals surface area contributed by atoms with Crippen LogP contribution in [0.2, 0.25) is 5.02 Å². The molecule has 304 valence electrons. The van der Waals surface area contributed by atoms with Crippen molar-refractivity contribution in [3.05, 3.63) is 93.8 Å². The van der Waals surface area contributed by atoms with Crippen molar-refractivity contribution in [3.8, 4) is 0 Å². The number of piperidine rings is 2. The number of rotatable bonds is 7. The Morgan fingerprint density at radius 1 is 0.763 bits per heavy atom. The normalized spacial score (nSPS) is 25.4.